The molecule has 0 radical (unpaired) electrons. The molecule has 0 bridgehead atoms. The molecule has 0 aliphatic heterocycles. The molecule has 2 heterocycles. The van der Waals surface area contributed by atoms with Gasteiger partial charge in [0.2, 0.25) is 5.91 Å². The largest absolute Gasteiger partial charge is 0.494 e. The predicted molar refractivity (Wildman–Crippen MR) is 107 cm³/mol. The van der Waals surface area contributed by atoms with Crippen molar-refractivity contribution >= 4 is 22.2 Å². The molecule has 0 spiro atoms. The molecule has 0 aliphatic carbocycles. The van der Waals surface area contributed by atoms with Crippen LogP contribution < -0.4 is 10.1 Å². The van der Waals surface area contributed by atoms with Gasteiger partial charge in [0.15, 0.2) is 4.96 Å². The average molecular weight is 388 g/mol. The Hall–Kier alpha value is -2.38. The minimum absolute atomic E-state index is 0.0162. The fraction of sp³-hybridized carbons (Fsp3) is 0.400. The SMILES string of the molecule is CCOCCCNC(=O)Cc1csc2nc(-c3ccc(OCC)cc3)cn12. The van der Waals surface area contributed by atoms with E-state index in [9.17, 15) is 4.79 Å². The van der Waals surface area contributed by atoms with Crippen LogP contribution in [0.2, 0.25) is 0 Å². The van der Waals surface area contributed by atoms with Crippen molar-refractivity contribution in [1.82, 2.24) is 14.7 Å². The smallest absolute Gasteiger partial charge is 0.225 e. The van der Waals surface area contributed by atoms with Crippen LogP contribution >= 0.6 is 11.3 Å². The van der Waals surface area contributed by atoms with Crippen molar-refractivity contribution in [2.45, 2.75) is 26.7 Å². The summed E-state index contributed by atoms with van der Waals surface area (Å²) in [6.45, 7) is 6.59. The van der Waals surface area contributed by atoms with Crippen molar-refractivity contribution in [1.29, 1.82) is 0 Å². The van der Waals surface area contributed by atoms with Gasteiger partial charge in [-0.2, -0.15) is 0 Å². The van der Waals surface area contributed by atoms with Crippen LogP contribution in [-0.4, -0.2) is 41.7 Å². The first-order chi connectivity index (χ1) is 13.2. The number of benzene rings is 1. The highest BCUT2D eigenvalue weighted by Crippen LogP contribution is 2.25. The van der Waals surface area contributed by atoms with Gasteiger partial charge >= 0.3 is 0 Å². The van der Waals surface area contributed by atoms with Gasteiger partial charge in [-0.05, 0) is 44.5 Å². The molecule has 3 aromatic rings. The van der Waals surface area contributed by atoms with Gasteiger partial charge in [0.1, 0.15) is 5.75 Å². The van der Waals surface area contributed by atoms with Gasteiger partial charge in [0.05, 0.1) is 18.7 Å². The van der Waals surface area contributed by atoms with Crippen LogP contribution in [0.25, 0.3) is 16.2 Å². The van der Waals surface area contributed by atoms with Gasteiger partial charge < -0.3 is 14.8 Å². The van der Waals surface area contributed by atoms with Crippen LogP contribution in [0.4, 0.5) is 0 Å². The van der Waals surface area contributed by atoms with E-state index >= 15 is 0 Å². The molecule has 1 aromatic carbocycles. The van der Waals surface area contributed by atoms with E-state index in [4.69, 9.17) is 9.47 Å². The zero-order valence-corrected chi connectivity index (χ0v) is 16.6. The van der Waals surface area contributed by atoms with Crippen molar-refractivity contribution in [2.75, 3.05) is 26.4 Å². The first-order valence-electron chi connectivity index (χ1n) is 9.24. The zero-order chi connectivity index (χ0) is 19.1. The van der Waals surface area contributed by atoms with Crippen molar-refractivity contribution in [2.24, 2.45) is 0 Å². The molecule has 0 fully saturated rings. The number of hydrogen-bond donors (Lipinski definition) is 1. The van der Waals surface area contributed by atoms with E-state index < -0.39 is 0 Å². The Morgan fingerprint density at radius 2 is 2.04 bits per heavy atom. The number of amides is 1. The quantitative estimate of drug-likeness (QED) is 0.541. The second kappa shape index (κ2) is 9.53. The average Bonchev–Trinajstić information content (AvgIpc) is 3.24. The van der Waals surface area contributed by atoms with Crippen molar-refractivity contribution in [3.8, 4) is 17.0 Å². The van der Waals surface area contributed by atoms with Crippen LogP contribution in [0.1, 0.15) is 26.0 Å². The summed E-state index contributed by atoms with van der Waals surface area (Å²) in [5.74, 6) is 0.867. The second-order valence-corrected chi connectivity index (χ2v) is 6.88. The lowest BCUT2D eigenvalue weighted by atomic mass is 10.1. The number of nitrogens with zero attached hydrogens (tertiary/aromatic N) is 2. The molecule has 6 nitrogen and oxygen atoms in total. The molecule has 0 atom stereocenters. The Balaban J connectivity index is 1.63. The number of thiazole rings is 1. The van der Waals surface area contributed by atoms with Crippen LogP contribution in [0.3, 0.4) is 0 Å². The molecule has 0 saturated heterocycles. The number of fused-ring (bicyclic) bond motifs is 1. The molecular formula is C20H25N3O3S. The summed E-state index contributed by atoms with van der Waals surface area (Å²) in [5.41, 5.74) is 2.87. The van der Waals surface area contributed by atoms with Crippen molar-refractivity contribution in [3.63, 3.8) is 0 Å². The van der Waals surface area contributed by atoms with Gasteiger partial charge in [-0.15, -0.1) is 11.3 Å². The minimum atomic E-state index is 0.0162. The lowest BCUT2D eigenvalue weighted by molar-refractivity contribution is -0.120. The highest BCUT2D eigenvalue weighted by Gasteiger charge is 2.12. The monoisotopic (exact) mass is 387 g/mol. The number of nitrogens with one attached hydrogen (secondary N) is 1. The molecule has 0 aliphatic rings. The molecular weight excluding hydrogens is 362 g/mol. The summed E-state index contributed by atoms with van der Waals surface area (Å²) in [6, 6.07) is 7.90. The van der Waals surface area contributed by atoms with Crippen LogP contribution in [0.15, 0.2) is 35.8 Å². The molecule has 1 amide bonds. The normalized spacial score (nSPS) is 11.0. The van der Waals surface area contributed by atoms with E-state index in [1.165, 1.54) is 0 Å². The summed E-state index contributed by atoms with van der Waals surface area (Å²) >= 11 is 1.54. The number of carbonyl (C=O) groups excluding carboxylic acids is 1. The van der Waals surface area contributed by atoms with Gasteiger partial charge in [-0.25, -0.2) is 4.98 Å². The Morgan fingerprint density at radius 1 is 1.22 bits per heavy atom. The maximum Gasteiger partial charge on any atom is 0.225 e. The topological polar surface area (TPSA) is 64.9 Å². The lowest BCUT2D eigenvalue weighted by Gasteiger charge is -2.05. The second-order valence-electron chi connectivity index (χ2n) is 6.04. The minimum Gasteiger partial charge on any atom is -0.494 e. The summed E-state index contributed by atoms with van der Waals surface area (Å²) in [7, 11) is 0. The molecule has 144 valence electrons. The Bertz CT molecular complexity index is 870. The molecule has 0 saturated carbocycles. The fourth-order valence-corrected chi connectivity index (χ4v) is 3.63. The van der Waals surface area contributed by atoms with E-state index in [2.05, 4.69) is 10.3 Å². The molecule has 3 rings (SSSR count). The van der Waals surface area contributed by atoms with Gasteiger partial charge in [0.25, 0.3) is 0 Å². The maximum absolute atomic E-state index is 12.2. The van der Waals surface area contributed by atoms with Crippen molar-refractivity contribution < 1.29 is 14.3 Å². The number of rotatable bonds is 10. The lowest BCUT2D eigenvalue weighted by Crippen LogP contribution is -2.27. The van der Waals surface area contributed by atoms with Crippen LogP contribution in [0.5, 0.6) is 5.75 Å². The molecule has 0 unspecified atom stereocenters. The Morgan fingerprint density at radius 3 is 2.78 bits per heavy atom. The number of hydrogen-bond acceptors (Lipinski definition) is 5. The maximum atomic E-state index is 12.2. The fourth-order valence-electron chi connectivity index (χ4n) is 2.76. The van der Waals surface area contributed by atoms with Gasteiger partial charge in [-0.1, -0.05) is 0 Å². The third-order valence-electron chi connectivity index (χ3n) is 4.08. The van der Waals surface area contributed by atoms with Gasteiger partial charge in [0, 0.05) is 42.6 Å². The summed E-state index contributed by atoms with van der Waals surface area (Å²) in [4.78, 5) is 17.7. The first kappa shape index (κ1) is 19.4. The summed E-state index contributed by atoms with van der Waals surface area (Å²) in [5, 5.41) is 4.93. The third-order valence-corrected chi connectivity index (χ3v) is 4.97. The number of imidazole rings is 1. The highest BCUT2D eigenvalue weighted by atomic mass is 32.1. The van der Waals surface area contributed by atoms with E-state index in [-0.39, 0.29) is 5.91 Å². The first-order valence-corrected chi connectivity index (χ1v) is 10.1. The van der Waals surface area contributed by atoms with E-state index in [1.807, 2.05) is 54.1 Å². The van der Waals surface area contributed by atoms with Crippen LogP contribution in [0, 0.1) is 0 Å². The molecule has 7 heteroatoms. The summed E-state index contributed by atoms with van der Waals surface area (Å²) in [6.07, 6.45) is 3.15. The van der Waals surface area contributed by atoms with Crippen molar-refractivity contribution in [3.05, 3.63) is 41.5 Å². The predicted octanol–water partition coefficient (Wildman–Crippen LogP) is 3.55. The number of aromatic nitrogens is 2. The number of carbonyl (C=O) groups is 1. The van der Waals surface area contributed by atoms with E-state index in [0.29, 0.717) is 32.8 Å². The molecule has 27 heavy (non-hydrogen) atoms. The van der Waals surface area contributed by atoms with E-state index in [0.717, 1.165) is 34.1 Å². The standard InChI is InChI=1S/C20H25N3O3S/c1-3-25-11-5-10-21-19(24)12-16-14-27-20-22-18(13-23(16)20)15-6-8-17(9-7-15)26-4-2/h6-9,13-14H,3-5,10-12H2,1-2H3,(H,21,24). The Labute approximate surface area is 163 Å². The number of ether oxygens (including phenoxy) is 2. The Kier molecular flexibility index (Phi) is 6.84. The highest BCUT2D eigenvalue weighted by molar-refractivity contribution is 7.15. The molecule has 1 N–H and O–H groups in total. The summed E-state index contributed by atoms with van der Waals surface area (Å²) < 4.78 is 12.8. The van der Waals surface area contributed by atoms with E-state index in [1.54, 1.807) is 11.3 Å². The van der Waals surface area contributed by atoms with Crippen LogP contribution in [-0.2, 0) is 16.0 Å². The van der Waals surface area contributed by atoms with Gasteiger partial charge in [-0.3, -0.25) is 9.20 Å². The third kappa shape index (κ3) is 5.08. The molecule has 2 aromatic heterocycles. The zero-order valence-electron chi connectivity index (χ0n) is 15.7.